The van der Waals surface area contributed by atoms with Crippen LogP contribution in [0.25, 0.3) is 10.4 Å². The summed E-state index contributed by atoms with van der Waals surface area (Å²) in [5.41, 5.74) is 7.88. The number of azide groups is 1. The molecule has 2 atom stereocenters. The summed E-state index contributed by atoms with van der Waals surface area (Å²) >= 11 is 0. The molecule has 0 heterocycles. The Bertz CT molecular complexity index is 641. The summed E-state index contributed by atoms with van der Waals surface area (Å²) in [6.45, 7) is 1.03. The highest BCUT2D eigenvalue weighted by molar-refractivity contribution is 5.92. The zero-order valence-electron chi connectivity index (χ0n) is 11.8. The van der Waals surface area contributed by atoms with Gasteiger partial charge in [0, 0.05) is 17.0 Å². The molecule has 2 N–H and O–H groups in total. The minimum Gasteiger partial charge on any atom is -0.465 e. The summed E-state index contributed by atoms with van der Waals surface area (Å²) in [5, 5.41) is 33.9. The van der Waals surface area contributed by atoms with Crippen molar-refractivity contribution in [2.45, 2.75) is 19.1 Å². The molecule has 1 rings (SSSR count). The Hall–Kier alpha value is -2.68. The van der Waals surface area contributed by atoms with E-state index in [0.29, 0.717) is 0 Å². The van der Waals surface area contributed by atoms with Gasteiger partial charge in [0.25, 0.3) is 5.69 Å². The lowest BCUT2D eigenvalue weighted by Crippen LogP contribution is -2.23. The third kappa shape index (κ3) is 3.70. The van der Waals surface area contributed by atoms with E-state index >= 15 is 0 Å². The Morgan fingerprint density at radius 2 is 2.18 bits per heavy atom. The molecule has 1 aromatic rings. The second kappa shape index (κ2) is 7.36. The molecule has 0 fully saturated rings. The van der Waals surface area contributed by atoms with Crippen LogP contribution in [0.15, 0.2) is 17.2 Å². The highest BCUT2D eigenvalue weighted by Crippen LogP contribution is 2.29. The van der Waals surface area contributed by atoms with E-state index in [0.717, 1.165) is 19.2 Å². The summed E-state index contributed by atoms with van der Waals surface area (Å²) < 4.78 is 4.54. The van der Waals surface area contributed by atoms with E-state index in [2.05, 4.69) is 14.8 Å². The molecule has 0 amide bonds. The number of ether oxygens (including phenoxy) is 1. The lowest BCUT2D eigenvalue weighted by atomic mass is 9.94. The molecule has 0 saturated heterocycles. The van der Waals surface area contributed by atoms with Crippen LogP contribution in [0.3, 0.4) is 0 Å². The van der Waals surface area contributed by atoms with E-state index in [-0.39, 0.29) is 16.7 Å². The van der Waals surface area contributed by atoms with Crippen LogP contribution in [0.2, 0.25) is 0 Å². The second-order valence-corrected chi connectivity index (χ2v) is 4.38. The molecule has 22 heavy (non-hydrogen) atoms. The van der Waals surface area contributed by atoms with Gasteiger partial charge in [0.15, 0.2) is 0 Å². The van der Waals surface area contributed by atoms with Crippen LogP contribution in [0.1, 0.15) is 27.6 Å². The van der Waals surface area contributed by atoms with Gasteiger partial charge in [-0.25, -0.2) is 4.79 Å². The summed E-state index contributed by atoms with van der Waals surface area (Å²) in [6, 6.07) is 2.07. The molecule has 0 saturated carbocycles. The van der Waals surface area contributed by atoms with Crippen molar-refractivity contribution in [2.75, 3.05) is 13.7 Å². The highest BCUT2D eigenvalue weighted by Gasteiger charge is 2.26. The number of aliphatic hydroxyl groups excluding tert-OH is 2. The van der Waals surface area contributed by atoms with Crippen molar-refractivity contribution in [1.29, 1.82) is 0 Å². The average Bonchev–Trinajstić information content (AvgIpc) is 2.50. The molecular weight excluding hydrogens is 296 g/mol. The van der Waals surface area contributed by atoms with Crippen molar-refractivity contribution in [3.8, 4) is 0 Å². The first-order chi connectivity index (χ1) is 10.3. The molecule has 0 bridgehead atoms. The molecule has 2 unspecified atom stereocenters. The fraction of sp³-hybridized carbons (Fsp3) is 0.417. The van der Waals surface area contributed by atoms with E-state index < -0.39 is 35.3 Å². The van der Waals surface area contributed by atoms with Crippen LogP contribution < -0.4 is 0 Å². The number of rotatable bonds is 6. The fourth-order valence-electron chi connectivity index (χ4n) is 1.88. The Balaban J connectivity index is 3.38. The number of methoxy groups -OCH3 is 1. The number of benzene rings is 1. The zero-order valence-corrected chi connectivity index (χ0v) is 11.8. The summed E-state index contributed by atoms with van der Waals surface area (Å²) in [4.78, 5) is 24.3. The van der Waals surface area contributed by atoms with Gasteiger partial charge < -0.3 is 14.9 Å². The Kier molecular flexibility index (Phi) is 5.81. The average molecular weight is 310 g/mol. The fourth-order valence-corrected chi connectivity index (χ4v) is 1.88. The van der Waals surface area contributed by atoms with E-state index in [1.807, 2.05) is 0 Å². The minimum absolute atomic E-state index is 0.0183. The number of hydrogen-bond acceptors (Lipinski definition) is 7. The number of nitro benzene ring substituents is 1. The van der Waals surface area contributed by atoms with Crippen LogP contribution in [0.4, 0.5) is 5.69 Å². The number of nitrogens with zero attached hydrogens (tertiary/aromatic N) is 4. The van der Waals surface area contributed by atoms with Crippen LogP contribution in [-0.4, -0.2) is 40.9 Å². The summed E-state index contributed by atoms with van der Waals surface area (Å²) in [6.07, 6.45) is -3.03. The Morgan fingerprint density at radius 3 is 2.68 bits per heavy atom. The SMILES string of the molecule is COC(=O)c1cc([N+](=O)[O-])cc(C(O)C(O)CN=[N+]=[N-])c1C. The van der Waals surface area contributed by atoms with Crippen molar-refractivity contribution < 1.29 is 24.7 Å². The first kappa shape index (κ1) is 17.4. The maximum atomic E-state index is 11.7. The van der Waals surface area contributed by atoms with E-state index in [1.54, 1.807) is 0 Å². The van der Waals surface area contributed by atoms with Gasteiger partial charge in [0.05, 0.1) is 30.2 Å². The molecule has 1 aromatic carbocycles. The minimum atomic E-state index is -1.56. The molecule has 0 aliphatic heterocycles. The highest BCUT2D eigenvalue weighted by atomic mass is 16.6. The molecule has 10 heteroatoms. The van der Waals surface area contributed by atoms with Gasteiger partial charge in [-0.3, -0.25) is 10.1 Å². The van der Waals surface area contributed by atoms with Gasteiger partial charge in [-0.1, -0.05) is 5.11 Å². The third-order valence-electron chi connectivity index (χ3n) is 3.06. The van der Waals surface area contributed by atoms with E-state index in [1.165, 1.54) is 6.92 Å². The van der Waals surface area contributed by atoms with Crippen molar-refractivity contribution >= 4 is 11.7 Å². The Morgan fingerprint density at radius 1 is 1.55 bits per heavy atom. The molecule has 0 radical (unpaired) electrons. The van der Waals surface area contributed by atoms with Crippen molar-refractivity contribution in [3.63, 3.8) is 0 Å². The van der Waals surface area contributed by atoms with Crippen LogP contribution in [0, 0.1) is 17.0 Å². The van der Waals surface area contributed by atoms with Crippen LogP contribution in [-0.2, 0) is 4.74 Å². The second-order valence-electron chi connectivity index (χ2n) is 4.38. The zero-order chi connectivity index (χ0) is 16.9. The number of non-ortho nitro benzene ring substituents is 1. The topological polar surface area (TPSA) is 159 Å². The monoisotopic (exact) mass is 310 g/mol. The van der Waals surface area contributed by atoms with Crippen molar-refractivity contribution in [2.24, 2.45) is 5.11 Å². The van der Waals surface area contributed by atoms with Crippen LogP contribution in [0.5, 0.6) is 0 Å². The maximum absolute atomic E-state index is 11.7. The smallest absolute Gasteiger partial charge is 0.338 e. The van der Waals surface area contributed by atoms with E-state index in [4.69, 9.17) is 5.53 Å². The normalized spacial score (nSPS) is 12.9. The molecular formula is C12H14N4O6. The number of esters is 1. The van der Waals surface area contributed by atoms with Gasteiger partial charge >= 0.3 is 5.97 Å². The predicted octanol–water partition coefficient (Wildman–Crippen LogP) is 1.39. The lowest BCUT2D eigenvalue weighted by Gasteiger charge is -2.19. The van der Waals surface area contributed by atoms with E-state index in [9.17, 15) is 25.1 Å². The number of carbonyl (C=O) groups excluding carboxylic acids is 1. The largest absolute Gasteiger partial charge is 0.465 e. The standard InChI is InChI=1S/C12H14N4O6/c1-6-8(11(18)10(17)5-14-15-13)3-7(16(20)21)4-9(6)12(19)22-2/h3-4,10-11,17-18H,5H2,1-2H3. The van der Waals surface area contributed by atoms with Crippen LogP contribution >= 0.6 is 0 Å². The molecule has 0 aliphatic rings. The molecule has 0 spiro atoms. The maximum Gasteiger partial charge on any atom is 0.338 e. The molecule has 118 valence electrons. The van der Waals surface area contributed by atoms with Gasteiger partial charge in [-0.15, -0.1) is 0 Å². The summed E-state index contributed by atoms with van der Waals surface area (Å²) in [7, 11) is 1.12. The summed E-state index contributed by atoms with van der Waals surface area (Å²) in [5.74, 6) is -0.806. The third-order valence-corrected chi connectivity index (χ3v) is 3.06. The molecule has 10 nitrogen and oxygen atoms in total. The molecule has 0 aliphatic carbocycles. The number of nitro groups is 1. The number of carbonyl (C=O) groups is 1. The van der Waals surface area contributed by atoms with Crippen molar-refractivity contribution in [1.82, 2.24) is 0 Å². The first-order valence-electron chi connectivity index (χ1n) is 6.07. The van der Waals surface area contributed by atoms with Gasteiger partial charge in [0.1, 0.15) is 6.10 Å². The van der Waals surface area contributed by atoms with Gasteiger partial charge in [-0.2, -0.15) is 0 Å². The number of aliphatic hydroxyl groups is 2. The Labute approximate surface area is 124 Å². The lowest BCUT2D eigenvalue weighted by molar-refractivity contribution is -0.385. The quantitative estimate of drug-likeness (QED) is 0.202. The first-order valence-corrected chi connectivity index (χ1v) is 6.07. The predicted molar refractivity (Wildman–Crippen MR) is 74.2 cm³/mol. The molecule has 0 aromatic heterocycles. The van der Waals surface area contributed by atoms with Gasteiger partial charge in [0.2, 0.25) is 0 Å². The number of hydrogen-bond donors (Lipinski definition) is 2. The van der Waals surface area contributed by atoms with Crippen molar-refractivity contribution in [3.05, 3.63) is 49.4 Å². The van der Waals surface area contributed by atoms with Gasteiger partial charge in [-0.05, 0) is 23.6 Å².